The van der Waals surface area contributed by atoms with E-state index in [9.17, 15) is 4.80 Å². The molecule has 0 saturated carbocycles. The molecule has 5 nitrogen and oxygen atoms in total. The summed E-state index contributed by atoms with van der Waals surface area (Å²) in [7, 11) is -13.8. The molecule has 0 aliphatic carbocycles. The minimum Gasteiger partial charge on any atom is -0.413 e. The summed E-state index contributed by atoms with van der Waals surface area (Å²) >= 11 is 0. The maximum absolute atomic E-state index is 12.0. The van der Waals surface area contributed by atoms with E-state index in [4.69, 9.17) is 16.5 Å². The van der Waals surface area contributed by atoms with Gasteiger partial charge in [-0.25, -0.2) is 0 Å². The Bertz CT molecular complexity index is 815. The first-order valence-corrected chi connectivity index (χ1v) is 24.4. The Hall–Kier alpha value is -0.676. The Morgan fingerprint density at radius 1 is 0.484 bits per heavy atom. The topological polar surface area (TPSA) is 57.2 Å². The number of rotatable bonds is 10. The summed E-state index contributed by atoms with van der Waals surface area (Å²) < 4.78 is 26.8. The van der Waals surface area contributed by atoms with Crippen molar-refractivity contribution >= 4 is 52.9 Å². The predicted octanol–water partition coefficient (Wildman–Crippen LogP) is 4.24. The van der Waals surface area contributed by atoms with Crippen LogP contribution in [0.4, 0.5) is 0 Å². The minimum absolute atomic E-state index is 0.670. The van der Waals surface area contributed by atoms with Gasteiger partial charge in [0.1, 0.15) is 0 Å². The van der Waals surface area contributed by atoms with Gasteiger partial charge < -0.3 is 21.3 Å². The largest absolute Gasteiger partial charge is 0.516 e. The average Bonchev–Trinajstić information content (AvgIpc) is 2.58. The normalized spacial score (nSPS) is 15.5. The predicted molar refractivity (Wildman–Crippen MR) is 140 cm³/mol. The third-order valence-electron chi connectivity index (χ3n) is 3.86. The summed E-state index contributed by atoms with van der Waals surface area (Å²) in [6.07, 6.45) is 0. The van der Waals surface area contributed by atoms with E-state index < -0.39 is 42.6 Å². The van der Waals surface area contributed by atoms with E-state index in [1.165, 1.54) is 0 Å². The van der Waals surface area contributed by atoms with Crippen LogP contribution in [-0.2, 0) is 16.5 Å². The highest BCUT2D eigenvalue weighted by molar-refractivity contribution is 6.97. The van der Waals surface area contributed by atoms with Crippen LogP contribution in [0.15, 0.2) is 60.7 Å². The monoisotopic (exact) mass is 510 g/mol. The van der Waals surface area contributed by atoms with Crippen molar-refractivity contribution in [1.82, 2.24) is 0 Å². The second-order valence-electron chi connectivity index (χ2n) is 10.6. The Morgan fingerprint density at radius 3 is 1.19 bits per heavy atom. The lowest BCUT2D eigenvalue weighted by Crippen LogP contribution is -2.73. The highest BCUT2D eigenvalue weighted by atomic mass is 28.5. The first kappa shape index (κ1) is 26.6. The second kappa shape index (κ2) is 9.67. The summed E-state index contributed by atoms with van der Waals surface area (Å²) in [6.45, 7) is 18.9. The Kier molecular flexibility index (Phi) is 8.29. The molecule has 2 aromatic carbocycles. The van der Waals surface area contributed by atoms with E-state index >= 15 is 0 Å². The van der Waals surface area contributed by atoms with Gasteiger partial charge >= 0.3 is 17.6 Å². The molecular formula is C21H38O5Si5. The van der Waals surface area contributed by atoms with Crippen molar-refractivity contribution in [2.75, 3.05) is 0 Å². The van der Waals surface area contributed by atoms with E-state index in [1.54, 1.807) is 0 Å². The molecule has 0 aliphatic heterocycles. The first-order chi connectivity index (χ1) is 14.0. The highest BCUT2D eigenvalue weighted by Gasteiger charge is 2.58. The molecule has 1 N–H and O–H groups in total. The van der Waals surface area contributed by atoms with E-state index in [1.807, 2.05) is 60.7 Å². The smallest absolute Gasteiger partial charge is 0.413 e. The SMILES string of the molecule is C[Si](C)(C)O[Si](O)(O[Si](O[Si](C)(C)C)(O[Si](C)(C)C)c1ccccc1)c1ccccc1. The minimum atomic E-state index is -3.86. The van der Waals surface area contributed by atoms with Gasteiger partial charge in [0.2, 0.25) is 0 Å². The lowest BCUT2D eigenvalue weighted by Gasteiger charge is -2.44. The summed E-state index contributed by atoms with van der Waals surface area (Å²) in [6, 6.07) is 19.3. The van der Waals surface area contributed by atoms with Gasteiger partial charge in [0.25, 0.3) is 0 Å². The van der Waals surface area contributed by atoms with Gasteiger partial charge in [0.15, 0.2) is 25.0 Å². The fraction of sp³-hybridized carbons (Fsp3) is 0.429. The maximum atomic E-state index is 12.0. The van der Waals surface area contributed by atoms with Gasteiger partial charge in [0.05, 0.1) is 0 Å². The summed E-state index contributed by atoms with van der Waals surface area (Å²) in [4.78, 5) is 12.0. The average molecular weight is 511 g/mol. The van der Waals surface area contributed by atoms with Crippen LogP contribution in [0.25, 0.3) is 0 Å². The van der Waals surface area contributed by atoms with Crippen LogP contribution in [0.5, 0.6) is 0 Å². The van der Waals surface area contributed by atoms with Crippen molar-refractivity contribution in [2.45, 2.75) is 58.9 Å². The molecule has 0 amide bonds. The Morgan fingerprint density at radius 2 is 0.839 bits per heavy atom. The molecule has 0 bridgehead atoms. The third-order valence-corrected chi connectivity index (χ3v) is 18.8. The fourth-order valence-corrected chi connectivity index (χ4v) is 20.0. The molecule has 31 heavy (non-hydrogen) atoms. The van der Waals surface area contributed by atoms with Crippen LogP contribution in [0.3, 0.4) is 0 Å². The first-order valence-electron chi connectivity index (χ1n) is 10.7. The lowest BCUT2D eigenvalue weighted by atomic mass is 10.4. The lowest BCUT2D eigenvalue weighted by molar-refractivity contribution is 0.192. The molecule has 0 aliphatic rings. The van der Waals surface area contributed by atoms with E-state index in [-0.39, 0.29) is 0 Å². The Balaban J connectivity index is 2.72. The molecule has 0 radical (unpaired) electrons. The van der Waals surface area contributed by atoms with E-state index in [2.05, 4.69) is 58.9 Å². The molecule has 0 heterocycles. The van der Waals surface area contributed by atoms with E-state index in [0.29, 0.717) is 5.19 Å². The molecule has 0 fully saturated rings. The zero-order valence-electron chi connectivity index (χ0n) is 20.4. The van der Waals surface area contributed by atoms with Gasteiger partial charge in [-0.2, -0.15) is 0 Å². The molecular weight excluding hydrogens is 473 g/mol. The van der Waals surface area contributed by atoms with Crippen molar-refractivity contribution in [3.63, 3.8) is 0 Å². The molecule has 1 atom stereocenters. The van der Waals surface area contributed by atoms with Gasteiger partial charge in [-0.05, 0) is 58.9 Å². The van der Waals surface area contributed by atoms with Crippen molar-refractivity contribution < 1.29 is 21.3 Å². The zero-order valence-corrected chi connectivity index (χ0v) is 25.4. The van der Waals surface area contributed by atoms with Crippen LogP contribution in [0.2, 0.25) is 58.9 Å². The van der Waals surface area contributed by atoms with Gasteiger partial charge in [0, 0.05) is 10.4 Å². The van der Waals surface area contributed by atoms with Crippen molar-refractivity contribution in [3.05, 3.63) is 60.7 Å². The summed E-state index contributed by atoms with van der Waals surface area (Å²) in [5.74, 6) is 0. The second-order valence-corrected chi connectivity index (χ2v) is 30.0. The summed E-state index contributed by atoms with van der Waals surface area (Å²) in [5, 5.41) is 1.53. The summed E-state index contributed by atoms with van der Waals surface area (Å²) in [5.41, 5.74) is 0. The van der Waals surface area contributed by atoms with Crippen LogP contribution < -0.4 is 10.4 Å². The molecule has 0 saturated heterocycles. The van der Waals surface area contributed by atoms with E-state index in [0.717, 1.165) is 5.19 Å². The zero-order chi connectivity index (χ0) is 23.6. The molecule has 0 spiro atoms. The molecule has 0 aromatic heterocycles. The fourth-order valence-electron chi connectivity index (χ4n) is 3.07. The molecule has 2 rings (SSSR count). The van der Waals surface area contributed by atoms with Crippen molar-refractivity contribution in [1.29, 1.82) is 0 Å². The molecule has 172 valence electrons. The van der Waals surface area contributed by atoms with Crippen LogP contribution >= 0.6 is 0 Å². The van der Waals surface area contributed by atoms with Crippen molar-refractivity contribution in [2.24, 2.45) is 0 Å². The van der Waals surface area contributed by atoms with Gasteiger partial charge in [-0.3, -0.25) is 0 Å². The number of hydrogen-bond donors (Lipinski definition) is 1. The van der Waals surface area contributed by atoms with Crippen LogP contribution in [0, 0.1) is 0 Å². The standard InChI is InChI=1S/C21H38O5Si5/c1-27(2,3)23-30(22,20-16-12-10-13-17-20)26-31(24-28(4,5)6,25-29(7,8)9)21-18-14-11-15-19-21/h10-19,22H,1-9H3. The molecule has 10 heteroatoms. The maximum Gasteiger partial charge on any atom is 0.516 e. The number of hydrogen-bond acceptors (Lipinski definition) is 5. The third kappa shape index (κ3) is 8.31. The Labute approximate surface area is 193 Å². The quantitative estimate of drug-likeness (QED) is 0.485. The van der Waals surface area contributed by atoms with Gasteiger partial charge in [-0.1, -0.05) is 60.7 Å². The number of benzene rings is 2. The van der Waals surface area contributed by atoms with Crippen LogP contribution in [-0.4, -0.2) is 47.4 Å². The van der Waals surface area contributed by atoms with Crippen molar-refractivity contribution in [3.8, 4) is 0 Å². The highest BCUT2D eigenvalue weighted by Crippen LogP contribution is 2.27. The molecule has 1 unspecified atom stereocenters. The molecule has 2 aromatic rings. The van der Waals surface area contributed by atoms with Crippen LogP contribution in [0.1, 0.15) is 0 Å². The van der Waals surface area contributed by atoms with Gasteiger partial charge in [-0.15, -0.1) is 0 Å².